The van der Waals surface area contributed by atoms with E-state index in [1.165, 1.54) is 26.2 Å². The maximum Gasteiger partial charge on any atom is 0.389 e. The Kier molecular flexibility index (Phi) is 5.60. The molecule has 0 amide bonds. The number of furan rings is 1. The maximum absolute atomic E-state index is 11.9. The van der Waals surface area contributed by atoms with E-state index in [1.54, 1.807) is 0 Å². The van der Waals surface area contributed by atoms with E-state index in [9.17, 15) is 21.6 Å². The van der Waals surface area contributed by atoms with Gasteiger partial charge in [-0.15, -0.1) is 0 Å². The molecule has 1 rings (SSSR count). The number of halogens is 3. The van der Waals surface area contributed by atoms with E-state index in [-0.39, 0.29) is 24.6 Å². The zero-order valence-corrected chi connectivity index (χ0v) is 12.0. The Balaban J connectivity index is 2.42. The van der Waals surface area contributed by atoms with Crippen LogP contribution in [0.5, 0.6) is 0 Å². The maximum atomic E-state index is 11.9. The minimum Gasteiger partial charge on any atom is -0.447 e. The van der Waals surface area contributed by atoms with Gasteiger partial charge in [-0.2, -0.15) is 13.2 Å². The molecule has 0 aliphatic heterocycles. The fraction of sp³-hybridized carbons (Fsp3) is 0.636. The van der Waals surface area contributed by atoms with Crippen LogP contribution < -0.4 is 5.32 Å². The van der Waals surface area contributed by atoms with Crippen molar-refractivity contribution in [3.05, 3.63) is 17.9 Å². The summed E-state index contributed by atoms with van der Waals surface area (Å²) in [4.78, 5) is 0. The number of nitrogens with one attached hydrogen (secondary N) is 1. The predicted molar refractivity (Wildman–Crippen MR) is 66.6 cm³/mol. The summed E-state index contributed by atoms with van der Waals surface area (Å²) in [5.74, 6) is 0.359. The van der Waals surface area contributed by atoms with Crippen LogP contribution in [-0.4, -0.2) is 39.5 Å². The third-order valence-corrected chi connectivity index (χ3v) is 4.17. The van der Waals surface area contributed by atoms with E-state index >= 15 is 0 Å². The van der Waals surface area contributed by atoms with Crippen LogP contribution in [0.3, 0.4) is 0 Å². The lowest BCUT2D eigenvalue weighted by Gasteiger charge is -2.08. The zero-order chi connectivity index (χ0) is 15.4. The largest absolute Gasteiger partial charge is 0.447 e. The molecule has 1 aromatic heterocycles. The lowest BCUT2D eigenvalue weighted by molar-refractivity contribution is -0.135. The summed E-state index contributed by atoms with van der Waals surface area (Å²) in [6, 6.07) is 2.80. The molecular weight excluding hydrogens is 297 g/mol. The van der Waals surface area contributed by atoms with E-state index in [0.717, 1.165) is 4.31 Å². The van der Waals surface area contributed by atoms with E-state index in [2.05, 4.69) is 5.32 Å². The van der Waals surface area contributed by atoms with Gasteiger partial charge >= 0.3 is 6.18 Å². The van der Waals surface area contributed by atoms with Crippen molar-refractivity contribution in [2.75, 3.05) is 20.6 Å². The van der Waals surface area contributed by atoms with Gasteiger partial charge < -0.3 is 9.73 Å². The number of hydrogen-bond acceptors (Lipinski definition) is 4. The second kappa shape index (κ2) is 6.59. The number of rotatable bonds is 7. The number of sulfonamides is 1. The molecule has 0 saturated heterocycles. The third-order valence-electron chi connectivity index (χ3n) is 2.48. The van der Waals surface area contributed by atoms with Crippen molar-refractivity contribution in [2.24, 2.45) is 0 Å². The van der Waals surface area contributed by atoms with E-state index < -0.39 is 22.6 Å². The molecule has 116 valence electrons. The molecule has 1 aromatic rings. The van der Waals surface area contributed by atoms with Gasteiger partial charge in [-0.05, 0) is 25.1 Å². The van der Waals surface area contributed by atoms with Gasteiger partial charge in [0.1, 0.15) is 5.76 Å². The van der Waals surface area contributed by atoms with Crippen molar-refractivity contribution in [1.29, 1.82) is 0 Å². The number of nitrogens with zero attached hydrogens (tertiary/aromatic N) is 1. The first-order valence-corrected chi connectivity index (χ1v) is 7.35. The van der Waals surface area contributed by atoms with Gasteiger partial charge in [-0.3, -0.25) is 0 Å². The molecule has 0 aromatic carbocycles. The van der Waals surface area contributed by atoms with Crippen molar-refractivity contribution < 1.29 is 26.0 Å². The Hall–Kier alpha value is -1.06. The molecule has 0 radical (unpaired) electrons. The van der Waals surface area contributed by atoms with Gasteiger partial charge in [0, 0.05) is 20.5 Å². The third kappa shape index (κ3) is 5.14. The van der Waals surface area contributed by atoms with Crippen LogP contribution >= 0.6 is 0 Å². The van der Waals surface area contributed by atoms with E-state index in [4.69, 9.17) is 4.42 Å². The smallest absolute Gasteiger partial charge is 0.389 e. The molecule has 1 N–H and O–H groups in total. The van der Waals surface area contributed by atoms with Gasteiger partial charge in [-0.1, -0.05) is 0 Å². The van der Waals surface area contributed by atoms with Crippen LogP contribution in [0.2, 0.25) is 0 Å². The lowest BCUT2D eigenvalue weighted by atomic mass is 10.3. The summed E-state index contributed by atoms with van der Waals surface area (Å²) in [7, 11) is -0.857. The van der Waals surface area contributed by atoms with Crippen molar-refractivity contribution >= 4 is 10.0 Å². The predicted octanol–water partition coefficient (Wildman–Crippen LogP) is 1.96. The topological polar surface area (TPSA) is 62.6 Å². The molecule has 0 saturated carbocycles. The second-order valence-corrected chi connectivity index (χ2v) is 6.49. The van der Waals surface area contributed by atoms with Gasteiger partial charge in [0.15, 0.2) is 0 Å². The molecule has 20 heavy (non-hydrogen) atoms. The molecule has 0 aliphatic rings. The van der Waals surface area contributed by atoms with Crippen LogP contribution in [0.15, 0.2) is 21.6 Å². The van der Waals surface area contributed by atoms with Crippen LogP contribution in [-0.2, 0) is 16.6 Å². The first-order valence-electron chi connectivity index (χ1n) is 5.91. The highest BCUT2D eigenvalue weighted by Gasteiger charge is 2.26. The Morgan fingerprint density at radius 1 is 1.30 bits per heavy atom. The van der Waals surface area contributed by atoms with Crippen molar-refractivity contribution in [2.45, 2.75) is 30.7 Å². The molecule has 0 fully saturated rings. The number of hydrogen-bond donors (Lipinski definition) is 1. The summed E-state index contributed by atoms with van der Waals surface area (Å²) < 4.78 is 65.3. The zero-order valence-electron chi connectivity index (χ0n) is 11.2. The van der Waals surface area contributed by atoms with E-state index in [0.29, 0.717) is 5.76 Å². The highest BCUT2D eigenvalue weighted by atomic mass is 32.2. The van der Waals surface area contributed by atoms with E-state index in [1.807, 2.05) is 0 Å². The van der Waals surface area contributed by atoms with Crippen LogP contribution in [0.4, 0.5) is 13.2 Å². The van der Waals surface area contributed by atoms with Crippen molar-refractivity contribution in [3.63, 3.8) is 0 Å². The van der Waals surface area contributed by atoms with Crippen molar-refractivity contribution in [1.82, 2.24) is 9.62 Å². The average Bonchev–Trinajstić information content (AvgIpc) is 2.76. The molecule has 1 heterocycles. The highest BCUT2D eigenvalue weighted by molar-refractivity contribution is 7.88. The van der Waals surface area contributed by atoms with Crippen LogP contribution in [0, 0.1) is 0 Å². The molecule has 0 bridgehead atoms. The van der Waals surface area contributed by atoms with Gasteiger partial charge in [0.05, 0.1) is 6.54 Å². The summed E-state index contributed by atoms with van der Waals surface area (Å²) in [6.07, 6.45) is -5.04. The monoisotopic (exact) mass is 314 g/mol. The first kappa shape index (κ1) is 17.0. The molecule has 9 heteroatoms. The molecule has 0 atom stereocenters. The SMILES string of the molecule is CN(C)S(=O)(=O)c1ccc(CNCCCC(F)(F)F)o1. The highest BCUT2D eigenvalue weighted by Crippen LogP contribution is 2.21. The molecule has 0 unspecified atom stereocenters. The van der Waals surface area contributed by atoms with Crippen molar-refractivity contribution in [3.8, 4) is 0 Å². The summed E-state index contributed by atoms with van der Waals surface area (Å²) in [5, 5.41) is 2.58. The summed E-state index contributed by atoms with van der Waals surface area (Å²) >= 11 is 0. The van der Waals surface area contributed by atoms with Gasteiger partial charge in [-0.25, -0.2) is 12.7 Å². The van der Waals surface area contributed by atoms with Crippen LogP contribution in [0.1, 0.15) is 18.6 Å². The minimum absolute atomic E-state index is 0.0347. The lowest BCUT2D eigenvalue weighted by Crippen LogP contribution is -2.21. The Morgan fingerprint density at radius 3 is 2.50 bits per heavy atom. The Labute approximate surface area is 115 Å². The van der Waals surface area contributed by atoms with Gasteiger partial charge in [0.25, 0.3) is 10.0 Å². The first-order chi connectivity index (χ1) is 9.13. The normalized spacial score (nSPS) is 13.1. The van der Waals surface area contributed by atoms with Gasteiger partial charge in [0.2, 0.25) is 5.09 Å². The summed E-state index contributed by atoms with van der Waals surface area (Å²) in [5.41, 5.74) is 0. The minimum atomic E-state index is -4.15. The molecule has 0 spiro atoms. The standard InChI is InChI=1S/C11H17F3N2O3S/c1-16(2)20(17,18)10-5-4-9(19-10)8-15-7-3-6-11(12,13)14/h4-5,15H,3,6-8H2,1-2H3. The fourth-order valence-corrected chi connectivity index (χ4v) is 2.21. The molecular formula is C11H17F3N2O3S. The molecule has 5 nitrogen and oxygen atoms in total. The fourth-order valence-electron chi connectivity index (χ4n) is 1.40. The Morgan fingerprint density at radius 2 is 1.95 bits per heavy atom. The molecule has 0 aliphatic carbocycles. The number of alkyl halides is 3. The average molecular weight is 314 g/mol. The van der Waals surface area contributed by atoms with Crippen LogP contribution in [0.25, 0.3) is 0 Å². The quantitative estimate of drug-likeness (QED) is 0.782. The Bertz CT molecular complexity index is 523. The summed E-state index contributed by atoms with van der Waals surface area (Å²) in [6.45, 7) is 0.358. The second-order valence-electron chi connectivity index (χ2n) is 4.40.